The molecule has 3 heteroatoms. The van der Waals surface area contributed by atoms with Crippen LogP contribution < -0.4 is 5.30 Å². The van der Waals surface area contributed by atoms with Gasteiger partial charge < -0.3 is 4.89 Å². The average molecular weight is 220 g/mol. The lowest BCUT2D eigenvalue weighted by Gasteiger charge is -2.15. The van der Waals surface area contributed by atoms with Gasteiger partial charge in [0.2, 0.25) is 0 Å². The number of rotatable bonds is 2. The minimum Gasteiger partial charge on any atom is -0.338 e. The van der Waals surface area contributed by atoms with Crippen LogP contribution in [0.25, 0.3) is 0 Å². The molecular weight excluding hydrogens is 207 g/mol. The van der Waals surface area contributed by atoms with Crippen molar-refractivity contribution in [2.45, 2.75) is 12.8 Å². The Labute approximate surface area is 89.4 Å². The van der Waals surface area contributed by atoms with Crippen LogP contribution in [0.3, 0.4) is 0 Å². The van der Waals surface area contributed by atoms with E-state index in [0.717, 1.165) is 12.8 Å². The lowest BCUT2D eigenvalue weighted by Crippen LogP contribution is -2.05. The van der Waals surface area contributed by atoms with Crippen LogP contribution in [-0.2, 0) is 4.57 Å². The first-order valence-corrected chi connectivity index (χ1v) is 6.63. The zero-order chi connectivity index (χ0) is 10.7. The molecule has 1 aromatic carbocycles. The van der Waals surface area contributed by atoms with Crippen LogP contribution in [0.15, 0.2) is 53.9 Å². The van der Waals surface area contributed by atoms with E-state index >= 15 is 0 Å². The Morgan fingerprint density at radius 1 is 1.13 bits per heavy atom. The predicted octanol–water partition coefficient (Wildman–Crippen LogP) is 2.82. The van der Waals surface area contributed by atoms with Gasteiger partial charge in [-0.25, -0.2) is 0 Å². The molecule has 0 radical (unpaired) electrons. The molecule has 15 heavy (non-hydrogen) atoms. The molecule has 2 nitrogen and oxygen atoms in total. The zero-order valence-corrected chi connectivity index (χ0v) is 9.23. The highest BCUT2D eigenvalue weighted by atomic mass is 31.2. The summed E-state index contributed by atoms with van der Waals surface area (Å²) in [6, 6.07) is 8.80. The van der Waals surface area contributed by atoms with Gasteiger partial charge in [0, 0.05) is 10.6 Å². The van der Waals surface area contributed by atoms with E-state index in [2.05, 4.69) is 0 Å². The molecule has 1 N–H and O–H groups in total. The smallest absolute Gasteiger partial charge is 0.258 e. The van der Waals surface area contributed by atoms with Crippen molar-refractivity contribution < 1.29 is 9.46 Å². The van der Waals surface area contributed by atoms with Crippen LogP contribution in [0.5, 0.6) is 0 Å². The minimum absolute atomic E-state index is 0.503. The van der Waals surface area contributed by atoms with Gasteiger partial charge in [-0.05, 0) is 25.0 Å². The zero-order valence-electron chi connectivity index (χ0n) is 8.34. The summed E-state index contributed by atoms with van der Waals surface area (Å²) >= 11 is 0. The molecular formula is C12H13O2P. The summed E-state index contributed by atoms with van der Waals surface area (Å²) < 4.78 is 12.2. The summed E-state index contributed by atoms with van der Waals surface area (Å²) in [6.07, 6.45) is 7.37. The van der Waals surface area contributed by atoms with Crippen molar-refractivity contribution >= 4 is 12.7 Å². The van der Waals surface area contributed by atoms with Gasteiger partial charge in [0.1, 0.15) is 0 Å². The Kier molecular flexibility index (Phi) is 2.90. The van der Waals surface area contributed by atoms with E-state index in [1.54, 1.807) is 30.3 Å². The fourth-order valence-corrected chi connectivity index (χ4v) is 3.16. The summed E-state index contributed by atoms with van der Waals surface area (Å²) in [5, 5.41) is 1.06. The van der Waals surface area contributed by atoms with Crippen molar-refractivity contribution in [3.05, 3.63) is 53.9 Å². The molecule has 0 heterocycles. The molecule has 0 saturated heterocycles. The normalized spacial score (nSPS) is 19.4. The minimum atomic E-state index is -3.35. The Morgan fingerprint density at radius 3 is 2.47 bits per heavy atom. The van der Waals surface area contributed by atoms with E-state index in [4.69, 9.17) is 0 Å². The van der Waals surface area contributed by atoms with Crippen LogP contribution in [0, 0.1) is 0 Å². The topological polar surface area (TPSA) is 37.3 Å². The van der Waals surface area contributed by atoms with Crippen LogP contribution in [0.1, 0.15) is 12.8 Å². The van der Waals surface area contributed by atoms with Gasteiger partial charge in [0.05, 0.1) is 0 Å². The average Bonchev–Trinajstić information content (AvgIpc) is 2.31. The third-order valence-electron chi connectivity index (χ3n) is 2.43. The molecule has 0 saturated carbocycles. The summed E-state index contributed by atoms with van der Waals surface area (Å²) in [5.74, 6) is 0. The maximum atomic E-state index is 12.2. The van der Waals surface area contributed by atoms with Crippen molar-refractivity contribution in [3.8, 4) is 0 Å². The van der Waals surface area contributed by atoms with Crippen LogP contribution in [0.2, 0.25) is 0 Å². The van der Waals surface area contributed by atoms with Gasteiger partial charge in [-0.1, -0.05) is 36.4 Å². The maximum Gasteiger partial charge on any atom is 0.258 e. The van der Waals surface area contributed by atoms with Crippen molar-refractivity contribution in [2.24, 2.45) is 0 Å². The van der Waals surface area contributed by atoms with Gasteiger partial charge in [-0.2, -0.15) is 0 Å². The quantitative estimate of drug-likeness (QED) is 0.778. The maximum absolute atomic E-state index is 12.2. The Morgan fingerprint density at radius 2 is 1.87 bits per heavy atom. The Bertz CT molecular complexity index is 446. The SMILES string of the molecule is O=P(O)(C1=CCCC=C1)c1ccccc1. The van der Waals surface area contributed by atoms with E-state index in [1.165, 1.54) is 0 Å². The van der Waals surface area contributed by atoms with Crippen molar-refractivity contribution in [3.63, 3.8) is 0 Å². The van der Waals surface area contributed by atoms with E-state index in [0.29, 0.717) is 10.6 Å². The molecule has 1 unspecified atom stereocenters. The summed E-state index contributed by atoms with van der Waals surface area (Å²) in [6.45, 7) is 0. The molecule has 1 aromatic rings. The fourth-order valence-electron chi connectivity index (χ4n) is 1.60. The predicted molar refractivity (Wildman–Crippen MR) is 62.4 cm³/mol. The second-order valence-electron chi connectivity index (χ2n) is 3.52. The first-order chi connectivity index (χ1) is 7.21. The Balaban J connectivity index is 2.39. The standard InChI is InChI=1S/C12H13O2P/c13-15(14,11-7-3-1-4-8-11)12-9-5-2-6-10-12/h1,3-5,7-10H,2,6H2,(H,13,14). The third kappa shape index (κ3) is 2.11. The first-order valence-electron chi connectivity index (χ1n) is 4.97. The molecule has 78 valence electrons. The van der Waals surface area contributed by atoms with Crippen molar-refractivity contribution in [1.82, 2.24) is 0 Å². The second-order valence-corrected chi connectivity index (χ2v) is 5.71. The molecule has 0 amide bonds. The summed E-state index contributed by atoms with van der Waals surface area (Å²) in [5.41, 5.74) is 0. The second kappa shape index (κ2) is 4.18. The van der Waals surface area contributed by atoms with Gasteiger partial charge >= 0.3 is 0 Å². The first kappa shape index (κ1) is 10.4. The highest BCUT2D eigenvalue weighted by molar-refractivity contribution is 7.70. The molecule has 0 spiro atoms. The molecule has 1 atom stereocenters. The number of allylic oxidation sites excluding steroid dienone is 4. The molecule has 0 fully saturated rings. The molecule has 1 aliphatic rings. The molecule has 0 bridgehead atoms. The lowest BCUT2D eigenvalue weighted by atomic mass is 10.2. The van der Waals surface area contributed by atoms with E-state index in [1.807, 2.05) is 18.2 Å². The van der Waals surface area contributed by atoms with Gasteiger partial charge in [0.15, 0.2) is 0 Å². The monoisotopic (exact) mass is 220 g/mol. The Hall–Kier alpha value is -1.11. The summed E-state index contributed by atoms with van der Waals surface area (Å²) in [7, 11) is -3.35. The lowest BCUT2D eigenvalue weighted by molar-refractivity contribution is 0.497. The van der Waals surface area contributed by atoms with Gasteiger partial charge in [-0.15, -0.1) is 0 Å². The largest absolute Gasteiger partial charge is 0.338 e. The highest BCUT2D eigenvalue weighted by Crippen LogP contribution is 2.50. The van der Waals surface area contributed by atoms with E-state index < -0.39 is 7.37 Å². The fraction of sp³-hybridized carbons (Fsp3) is 0.167. The molecule has 2 rings (SSSR count). The number of hydrogen-bond acceptors (Lipinski definition) is 1. The van der Waals surface area contributed by atoms with E-state index in [-0.39, 0.29) is 0 Å². The number of benzene rings is 1. The van der Waals surface area contributed by atoms with Gasteiger partial charge in [-0.3, -0.25) is 4.57 Å². The van der Waals surface area contributed by atoms with Gasteiger partial charge in [0.25, 0.3) is 7.37 Å². The third-order valence-corrected chi connectivity index (χ3v) is 4.46. The van der Waals surface area contributed by atoms with Crippen molar-refractivity contribution in [2.75, 3.05) is 0 Å². The molecule has 0 aromatic heterocycles. The number of hydrogen-bond donors (Lipinski definition) is 1. The van der Waals surface area contributed by atoms with Crippen molar-refractivity contribution in [1.29, 1.82) is 0 Å². The van der Waals surface area contributed by atoms with Crippen LogP contribution in [0.4, 0.5) is 0 Å². The molecule has 1 aliphatic carbocycles. The van der Waals surface area contributed by atoms with E-state index in [9.17, 15) is 9.46 Å². The summed E-state index contributed by atoms with van der Waals surface area (Å²) in [4.78, 5) is 10.0. The highest BCUT2D eigenvalue weighted by Gasteiger charge is 2.25. The van der Waals surface area contributed by atoms with Crippen LogP contribution in [-0.4, -0.2) is 4.89 Å². The molecule has 0 aliphatic heterocycles. The van der Waals surface area contributed by atoms with Crippen LogP contribution >= 0.6 is 7.37 Å².